The lowest BCUT2D eigenvalue weighted by Crippen LogP contribution is -2.45. The van der Waals surface area contributed by atoms with Crippen LogP contribution in [0, 0.1) is 5.92 Å². The molecular weight excluding hydrogens is 399 g/mol. The predicted molar refractivity (Wildman–Crippen MR) is 107 cm³/mol. The van der Waals surface area contributed by atoms with Crippen LogP contribution in [-0.2, 0) is 19.3 Å². The lowest BCUT2D eigenvalue weighted by atomic mass is 9.94. The summed E-state index contributed by atoms with van der Waals surface area (Å²) in [6, 6.07) is 12.1. The summed E-state index contributed by atoms with van der Waals surface area (Å²) in [6.07, 6.45) is -4.78. The van der Waals surface area contributed by atoms with Crippen LogP contribution >= 0.6 is 0 Å². The molecule has 4 rings (SSSR count). The highest BCUT2D eigenvalue weighted by molar-refractivity contribution is 5.84. The van der Waals surface area contributed by atoms with Crippen molar-refractivity contribution in [1.82, 2.24) is 4.90 Å². The number of para-hydroxylation sites is 1. The number of piperidine rings is 1. The van der Waals surface area contributed by atoms with Gasteiger partial charge in [0, 0.05) is 55.5 Å². The van der Waals surface area contributed by atoms with Crippen molar-refractivity contribution in [3.8, 4) is 0 Å². The van der Waals surface area contributed by atoms with Gasteiger partial charge in [-0.2, -0.15) is 13.2 Å². The van der Waals surface area contributed by atoms with Gasteiger partial charge in [-0.3, -0.25) is 4.90 Å². The molecule has 2 aromatic rings. The van der Waals surface area contributed by atoms with Gasteiger partial charge in [0.25, 0.3) is 5.92 Å². The normalized spacial score (nSPS) is 21.7. The van der Waals surface area contributed by atoms with Crippen molar-refractivity contribution in [3.63, 3.8) is 0 Å². The van der Waals surface area contributed by atoms with E-state index in [0.717, 1.165) is 11.8 Å². The maximum atomic E-state index is 13.9. The Labute approximate surface area is 172 Å². The van der Waals surface area contributed by atoms with E-state index in [1.54, 1.807) is 15.9 Å². The van der Waals surface area contributed by atoms with Crippen LogP contribution in [-0.4, -0.2) is 23.9 Å². The molecule has 0 bridgehead atoms. The molecule has 0 radical (unpaired) electrons. The molecule has 1 fully saturated rings. The molecule has 7 heteroatoms. The standard InChI is InChI=1S/C23H23F5N2/c1-15-12-29(9-8-22(15,24)25)13-17-10-19-16(2)30(18-6-4-3-5-7-18)14-20(19)21(11-17)23(26,27)28/h3-7,10-11,15H,2,8-9,12-14H2,1H3/t15-/m1/s1. The van der Waals surface area contributed by atoms with Gasteiger partial charge in [0.2, 0.25) is 0 Å². The molecule has 2 heterocycles. The van der Waals surface area contributed by atoms with E-state index >= 15 is 0 Å². The first-order chi connectivity index (χ1) is 14.1. The van der Waals surface area contributed by atoms with Crippen molar-refractivity contribution in [2.75, 3.05) is 18.0 Å². The molecule has 0 aromatic heterocycles. The Morgan fingerprint density at radius 1 is 1.13 bits per heavy atom. The van der Waals surface area contributed by atoms with Crippen LogP contribution in [0.5, 0.6) is 0 Å². The fourth-order valence-corrected chi connectivity index (χ4v) is 4.33. The number of alkyl halides is 5. The number of anilines is 1. The highest BCUT2D eigenvalue weighted by Crippen LogP contribution is 2.43. The van der Waals surface area contributed by atoms with Gasteiger partial charge in [0.15, 0.2) is 0 Å². The van der Waals surface area contributed by atoms with Crippen LogP contribution < -0.4 is 4.90 Å². The number of benzene rings is 2. The largest absolute Gasteiger partial charge is 0.416 e. The summed E-state index contributed by atoms with van der Waals surface area (Å²) in [5, 5.41) is 0. The second-order valence-corrected chi connectivity index (χ2v) is 8.18. The van der Waals surface area contributed by atoms with E-state index in [1.807, 2.05) is 30.3 Å². The SMILES string of the molecule is C=C1c2cc(CN3CCC(F)(F)[C@H](C)C3)cc(C(F)(F)F)c2CN1c1ccccc1. The van der Waals surface area contributed by atoms with Crippen molar-refractivity contribution in [2.45, 2.75) is 38.5 Å². The van der Waals surface area contributed by atoms with Crippen molar-refractivity contribution in [1.29, 1.82) is 0 Å². The number of halogens is 5. The molecule has 0 N–H and O–H groups in total. The van der Waals surface area contributed by atoms with Gasteiger partial charge in [-0.1, -0.05) is 31.7 Å². The van der Waals surface area contributed by atoms with Crippen molar-refractivity contribution in [2.24, 2.45) is 5.92 Å². The van der Waals surface area contributed by atoms with Crippen LogP contribution in [0.2, 0.25) is 0 Å². The molecular formula is C23H23F5N2. The fraction of sp³-hybridized carbons (Fsp3) is 0.391. The number of rotatable bonds is 3. The lowest BCUT2D eigenvalue weighted by molar-refractivity contribution is -0.138. The summed E-state index contributed by atoms with van der Waals surface area (Å²) in [6.45, 7) is 6.14. The van der Waals surface area contributed by atoms with Gasteiger partial charge in [-0.15, -0.1) is 0 Å². The molecule has 2 nitrogen and oxygen atoms in total. The average molecular weight is 422 g/mol. The van der Waals surface area contributed by atoms with Gasteiger partial charge < -0.3 is 4.90 Å². The van der Waals surface area contributed by atoms with Crippen LogP contribution in [0.1, 0.15) is 35.6 Å². The van der Waals surface area contributed by atoms with E-state index in [-0.39, 0.29) is 38.2 Å². The van der Waals surface area contributed by atoms with Gasteiger partial charge >= 0.3 is 6.18 Å². The first-order valence-corrected chi connectivity index (χ1v) is 9.91. The second-order valence-electron chi connectivity index (χ2n) is 8.18. The first-order valence-electron chi connectivity index (χ1n) is 9.91. The number of likely N-dealkylation sites (tertiary alicyclic amines) is 1. The molecule has 2 aliphatic rings. The number of fused-ring (bicyclic) bond motifs is 1. The quantitative estimate of drug-likeness (QED) is 0.546. The van der Waals surface area contributed by atoms with E-state index in [1.165, 1.54) is 6.92 Å². The molecule has 0 unspecified atom stereocenters. The highest BCUT2D eigenvalue weighted by Gasteiger charge is 2.42. The molecule has 0 spiro atoms. The lowest BCUT2D eigenvalue weighted by Gasteiger charge is -2.36. The summed E-state index contributed by atoms with van der Waals surface area (Å²) < 4.78 is 69.1. The Morgan fingerprint density at radius 2 is 1.83 bits per heavy atom. The Balaban J connectivity index is 1.66. The van der Waals surface area contributed by atoms with Crippen LogP contribution in [0.25, 0.3) is 5.70 Å². The number of hydrogen-bond acceptors (Lipinski definition) is 2. The Hall–Kier alpha value is -2.41. The fourth-order valence-electron chi connectivity index (χ4n) is 4.33. The Bertz CT molecular complexity index is 952. The molecule has 2 aromatic carbocycles. The van der Waals surface area contributed by atoms with Crippen LogP contribution in [0.3, 0.4) is 0 Å². The summed E-state index contributed by atoms with van der Waals surface area (Å²) in [4.78, 5) is 3.57. The monoisotopic (exact) mass is 422 g/mol. The zero-order valence-corrected chi connectivity index (χ0v) is 16.6. The summed E-state index contributed by atoms with van der Waals surface area (Å²) >= 11 is 0. The minimum atomic E-state index is -4.50. The van der Waals surface area contributed by atoms with Crippen molar-refractivity contribution < 1.29 is 22.0 Å². The molecule has 0 amide bonds. The third-order valence-corrected chi connectivity index (χ3v) is 6.06. The minimum Gasteiger partial charge on any atom is -0.337 e. The number of hydrogen-bond donors (Lipinski definition) is 0. The topological polar surface area (TPSA) is 6.48 Å². The van der Waals surface area contributed by atoms with Crippen LogP contribution in [0.15, 0.2) is 49.0 Å². The molecule has 0 aliphatic carbocycles. The maximum Gasteiger partial charge on any atom is 0.416 e. The van der Waals surface area contributed by atoms with Gasteiger partial charge in [0.05, 0.1) is 5.56 Å². The van der Waals surface area contributed by atoms with Crippen molar-refractivity contribution in [3.05, 3.63) is 71.3 Å². The highest BCUT2D eigenvalue weighted by atomic mass is 19.4. The third-order valence-electron chi connectivity index (χ3n) is 6.06. The smallest absolute Gasteiger partial charge is 0.337 e. The second kappa shape index (κ2) is 7.38. The molecule has 2 aliphatic heterocycles. The summed E-state index contributed by atoms with van der Waals surface area (Å²) in [5.41, 5.74) is 1.76. The first kappa shape index (κ1) is 20.8. The third kappa shape index (κ3) is 3.83. The average Bonchev–Trinajstić information content (AvgIpc) is 3.01. The molecule has 0 saturated carbocycles. The minimum absolute atomic E-state index is 0.0975. The van der Waals surface area contributed by atoms with E-state index in [9.17, 15) is 22.0 Å². The zero-order valence-electron chi connectivity index (χ0n) is 16.6. The van der Waals surface area contributed by atoms with Crippen molar-refractivity contribution >= 4 is 11.4 Å². The Morgan fingerprint density at radius 3 is 2.47 bits per heavy atom. The van der Waals surface area contributed by atoms with E-state index in [4.69, 9.17) is 0 Å². The van der Waals surface area contributed by atoms with E-state index in [0.29, 0.717) is 16.8 Å². The van der Waals surface area contributed by atoms with Crippen LogP contribution in [0.4, 0.5) is 27.6 Å². The molecule has 1 atom stereocenters. The molecule has 1 saturated heterocycles. The predicted octanol–water partition coefficient (Wildman–Crippen LogP) is 6.17. The maximum absolute atomic E-state index is 13.9. The zero-order chi connectivity index (χ0) is 21.7. The Kier molecular flexibility index (Phi) is 5.12. The summed E-state index contributed by atoms with van der Waals surface area (Å²) in [7, 11) is 0. The van der Waals surface area contributed by atoms with E-state index in [2.05, 4.69) is 6.58 Å². The summed E-state index contributed by atoms with van der Waals surface area (Å²) in [5.74, 6) is -3.55. The van der Waals surface area contributed by atoms with E-state index < -0.39 is 23.6 Å². The number of nitrogens with zero attached hydrogens (tertiary/aromatic N) is 2. The van der Waals surface area contributed by atoms with Gasteiger partial charge in [-0.05, 0) is 35.4 Å². The molecule has 160 valence electrons. The molecule has 30 heavy (non-hydrogen) atoms. The van der Waals surface area contributed by atoms with Gasteiger partial charge in [-0.25, -0.2) is 8.78 Å². The van der Waals surface area contributed by atoms with Gasteiger partial charge in [0.1, 0.15) is 0 Å².